The summed E-state index contributed by atoms with van der Waals surface area (Å²) in [7, 11) is 3.14. The Kier molecular flexibility index (Phi) is 7.96. The molecule has 0 saturated heterocycles. The largest absolute Gasteiger partial charge is 0.368 e. The van der Waals surface area contributed by atoms with Crippen LogP contribution in [0.3, 0.4) is 0 Å². The van der Waals surface area contributed by atoms with Gasteiger partial charge in [0.25, 0.3) is 0 Å². The fourth-order valence-corrected chi connectivity index (χ4v) is 6.05. The SMILES string of the molecule is Nc1nc(Nc2ccccc2SSc2ccccc2Nc2nc(N)nc(-c3ccncc3)n2)nc(-c2ccncc2)n1. The van der Waals surface area contributed by atoms with Gasteiger partial charge < -0.3 is 22.1 Å². The van der Waals surface area contributed by atoms with Crippen molar-refractivity contribution in [2.45, 2.75) is 9.79 Å². The van der Waals surface area contributed by atoms with E-state index in [4.69, 9.17) is 11.5 Å². The molecule has 0 radical (unpaired) electrons. The molecular weight excluding hydrogens is 569 g/mol. The van der Waals surface area contributed by atoms with Gasteiger partial charge in [0.2, 0.25) is 23.8 Å². The van der Waals surface area contributed by atoms with Crippen LogP contribution >= 0.6 is 21.6 Å². The number of rotatable bonds is 9. The molecule has 6 rings (SSSR count). The number of aromatic nitrogens is 8. The molecule has 0 saturated carbocycles. The average molecular weight is 591 g/mol. The van der Waals surface area contributed by atoms with Crippen molar-refractivity contribution in [3.63, 3.8) is 0 Å². The number of benzene rings is 2. The minimum absolute atomic E-state index is 0.116. The second-order valence-electron chi connectivity index (χ2n) is 8.56. The maximum Gasteiger partial charge on any atom is 0.232 e. The van der Waals surface area contributed by atoms with E-state index >= 15 is 0 Å². The van der Waals surface area contributed by atoms with Crippen molar-refractivity contribution in [3.8, 4) is 22.8 Å². The second-order valence-corrected chi connectivity index (χ2v) is 10.8. The van der Waals surface area contributed by atoms with Gasteiger partial charge in [-0.05, 0) is 48.5 Å². The summed E-state index contributed by atoms with van der Waals surface area (Å²) in [6.45, 7) is 0. The third-order valence-corrected chi connectivity index (χ3v) is 8.15. The summed E-state index contributed by atoms with van der Waals surface area (Å²) >= 11 is 0. The van der Waals surface area contributed by atoms with Gasteiger partial charge in [0, 0.05) is 45.7 Å². The molecule has 2 aromatic carbocycles. The van der Waals surface area contributed by atoms with Crippen LogP contribution in [0.2, 0.25) is 0 Å². The molecule has 0 bridgehead atoms. The van der Waals surface area contributed by atoms with Crippen molar-refractivity contribution in [2.75, 3.05) is 22.1 Å². The highest BCUT2D eigenvalue weighted by molar-refractivity contribution is 8.76. The molecule has 6 aromatic rings. The summed E-state index contributed by atoms with van der Waals surface area (Å²) in [6.07, 6.45) is 6.70. The molecule has 0 aliphatic carbocycles. The van der Waals surface area contributed by atoms with Gasteiger partial charge >= 0.3 is 0 Å². The third-order valence-electron chi connectivity index (χ3n) is 5.67. The zero-order chi connectivity index (χ0) is 28.7. The molecular formula is C28H22N12S2. The number of nitrogens with zero attached hydrogens (tertiary/aromatic N) is 8. The number of pyridine rings is 2. The first kappa shape index (κ1) is 26.9. The third kappa shape index (κ3) is 6.51. The van der Waals surface area contributed by atoms with Crippen LogP contribution in [0, 0.1) is 0 Å². The topological polar surface area (TPSA) is 179 Å². The van der Waals surface area contributed by atoms with Crippen LogP contribution < -0.4 is 22.1 Å². The predicted octanol–water partition coefficient (Wildman–Crippen LogP) is 5.63. The maximum atomic E-state index is 6.00. The van der Waals surface area contributed by atoms with Crippen molar-refractivity contribution in [1.29, 1.82) is 0 Å². The van der Waals surface area contributed by atoms with E-state index in [0.29, 0.717) is 23.5 Å². The normalized spacial score (nSPS) is 10.8. The Morgan fingerprint density at radius 2 is 0.881 bits per heavy atom. The van der Waals surface area contributed by atoms with E-state index in [2.05, 4.69) is 50.5 Å². The molecule has 0 unspecified atom stereocenters. The molecule has 6 N–H and O–H groups in total. The van der Waals surface area contributed by atoms with E-state index < -0.39 is 0 Å². The molecule has 206 valence electrons. The molecule has 0 aliphatic heterocycles. The van der Waals surface area contributed by atoms with Crippen molar-refractivity contribution in [2.24, 2.45) is 0 Å². The number of hydrogen-bond donors (Lipinski definition) is 4. The van der Waals surface area contributed by atoms with Crippen molar-refractivity contribution < 1.29 is 0 Å². The zero-order valence-electron chi connectivity index (χ0n) is 21.8. The van der Waals surface area contributed by atoms with Crippen molar-refractivity contribution >= 4 is 56.8 Å². The average Bonchev–Trinajstić information content (AvgIpc) is 3.02. The number of nitrogen functional groups attached to an aromatic ring is 2. The summed E-state index contributed by atoms with van der Waals surface area (Å²) in [5, 5.41) is 6.58. The number of nitrogens with one attached hydrogen (secondary N) is 2. The summed E-state index contributed by atoms with van der Waals surface area (Å²) < 4.78 is 0. The lowest BCUT2D eigenvalue weighted by Gasteiger charge is -2.13. The Morgan fingerprint density at radius 1 is 0.476 bits per heavy atom. The standard InChI is InChI=1S/C28H22N12S2/c29-25-35-23(17-9-13-31-14-10-17)37-27(39-25)33-19-5-1-3-7-21(19)41-42-22-8-4-2-6-20(22)34-28-38-24(36-26(30)40-28)18-11-15-32-16-12-18/h1-16H,(H3,29,33,35,37,39)(H3,30,34,36,38,40). The molecule has 4 heterocycles. The van der Waals surface area contributed by atoms with Gasteiger partial charge in [-0.2, -0.15) is 29.9 Å². The highest BCUT2D eigenvalue weighted by atomic mass is 33.1. The predicted molar refractivity (Wildman–Crippen MR) is 166 cm³/mol. The summed E-state index contributed by atoms with van der Waals surface area (Å²) in [5.74, 6) is 1.82. The first-order valence-corrected chi connectivity index (χ1v) is 14.7. The number of nitrogens with two attached hydrogens (primary N) is 2. The molecule has 0 spiro atoms. The first-order chi connectivity index (χ1) is 20.6. The van der Waals surface area contributed by atoms with Crippen LogP contribution in [0.25, 0.3) is 22.8 Å². The van der Waals surface area contributed by atoms with E-state index in [-0.39, 0.29) is 11.9 Å². The Labute approximate surface area is 248 Å². The van der Waals surface area contributed by atoms with E-state index in [1.807, 2.05) is 72.8 Å². The van der Waals surface area contributed by atoms with Crippen LogP contribution in [-0.2, 0) is 0 Å². The second kappa shape index (κ2) is 12.4. The van der Waals surface area contributed by atoms with Crippen LogP contribution in [0.5, 0.6) is 0 Å². The van der Waals surface area contributed by atoms with Gasteiger partial charge in [0.1, 0.15) is 0 Å². The lowest BCUT2D eigenvalue weighted by Crippen LogP contribution is -2.05. The van der Waals surface area contributed by atoms with E-state index in [1.54, 1.807) is 46.4 Å². The summed E-state index contributed by atoms with van der Waals surface area (Å²) in [6, 6.07) is 23.0. The fraction of sp³-hybridized carbons (Fsp3) is 0. The smallest absolute Gasteiger partial charge is 0.232 e. The molecule has 0 aliphatic rings. The molecule has 0 fully saturated rings. The monoisotopic (exact) mass is 590 g/mol. The molecule has 0 atom stereocenters. The Balaban J connectivity index is 1.21. The Morgan fingerprint density at radius 3 is 1.31 bits per heavy atom. The van der Waals surface area contributed by atoms with Gasteiger partial charge in [0.15, 0.2) is 11.6 Å². The summed E-state index contributed by atoms with van der Waals surface area (Å²) in [5.41, 5.74) is 15.2. The quantitative estimate of drug-likeness (QED) is 0.152. The summed E-state index contributed by atoms with van der Waals surface area (Å²) in [4.78, 5) is 36.2. The minimum atomic E-state index is 0.116. The molecule has 0 amide bonds. The minimum Gasteiger partial charge on any atom is -0.368 e. The molecule has 4 aromatic heterocycles. The van der Waals surface area contributed by atoms with Gasteiger partial charge in [-0.15, -0.1) is 0 Å². The maximum absolute atomic E-state index is 6.00. The highest BCUT2D eigenvalue weighted by Crippen LogP contribution is 2.44. The van der Waals surface area contributed by atoms with Crippen LogP contribution in [-0.4, -0.2) is 39.9 Å². The number of hydrogen-bond acceptors (Lipinski definition) is 14. The van der Waals surface area contributed by atoms with Gasteiger partial charge in [-0.1, -0.05) is 45.9 Å². The van der Waals surface area contributed by atoms with Crippen LogP contribution in [0.15, 0.2) is 107 Å². The van der Waals surface area contributed by atoms with Gasteiger partial charge in [0.05, 0.1) is 11.4 Å². The van der Waals surface area contributed by atoms with Gasteiger partial charge in [-0.25, -0.2) is 0 Å². The first-order valence-electron chi connectivity index (χ1n) is 12.5. The fourth-order valence-electron chi connectivity index (χ4n) is 3.77. The number of para-hydroxylation sites is 2. The lowest BCUT2D eigenvalue weighted by molar-refractivity contribution is 1.07. The number of anilines is 6. The lowest BCUT2D eigenvalue weighted by atomic mass is 10.2. The van der Waals surface area contributed by atoms with E-state index in [9.17, 15) is 0 Å². The zero-order valence-corrected chi connectivity index (χ0v) is 23.4. The Hall–Kier alpha value is -5.34. The highest BCUT2D eigenvalue weighted by Gasteiger charge is 2.13. The van der Waals surface area contributed by atoms with Crippen LogP contribution in [0.1, 0.15) is 0 Å². The molecule has 42 heavy (non-hydrogen) atoms. The van der Waals surface area contributed by atoms with E-state index in [1.165, 1.54) is 0 Å². The molecule has 12 nitrogen and oxygen atoms in total. The van der Waals surface area contributed by atoms with Crippen molar-refractivity contribution in [1.82, 2.24) is 39.9 Å². The van der Waals surface area contributed by atoms with Gasteiger partial charge in [-0.3, -0.25) is 9.97 Å². The molecule has 14 heteroatoms. The van der Waals surface area contributed by atoms with Crippen molar-refractivity contribution in [3.05, 3.63) is 97.6 Å². The van der Waals surface area contributed by atoms with E-state index in [0.717, 1.165) is 32.3 Å². The van der Waals surface area contributed by atoms with Crippen LogP contribution in [0.4, 0.5) is 35.2 Å². The Bertz CT molecular complexity index is 1690.